The van der Waals surface area contributed by atoms with Gasteiger partial charge in [0, 0.05) is 28.9 Å². The lowest BCUT2D eigenvalue weighted by Crippen LogP contribution is -2.27. The first-order valence-corrected chi connectivity index (χ1v) is 18.6. The fourth-order valence-corrected chi connectivity index (χ4v) is 9.93. The van der Waals surface area contributed by atoms with Gasteiger partial charge in [-0.05, 0) is 104 Å². The van der Waals surface area contributed by atoms with E-state index in [1.807, 2.05) is 0 Å². The van der Waals surface area contributed by atoms with E-state index in [4.69, 9.17) is 0 Å². The average Bonchev–Trinajstić information content (AvgIpc) is 3.69. The lowest BCUT2D eigenvalue weighted by Gasteiger charge is -2.36. The molecule has 6 aromatic rings. The van der Waals surface area contributed by atoms with Crippen molar-refractivity contribution in [3.63, 3.8) is 0 Å². The van der Waals surface area contributed by atoms with E-state index in [-0.39, 0.29) is 5.41 Å². The molecule has 52 heavy (non-hydrogen) atoms. The van der Waals surface area contributed by atoms with Crippen molar-refractivity contribution in [1.29, 1.82) is 0 Å². The molecule has 5 aliphatic rings. The Bertz CT molecular complexity index is 2550. The Hall–Kier alpha value is -6.18. The second-order valence-electron chi connectivity index (χ2n) is 14.7. The molecule has 0 aromatic heterocycles. The maximum atomic E-state index is 2.55. The summed E-state index contributed by atoms with van der Waals surface area (Å²) in [7, 11) is 0. The van der Waals surface area contributed by atoms with E-state index >= 15 is 0 Å². The van der Waals surface area contributed by atoms with E-state index < -0.39 is 0 Å². The molecular weight excluding hydrogens is 627 g/mol. The van der Waals surface area contributed by atoms with E-state index in [0.717, 1.165) is 12.8 Å². The summed E-state index contributed by atoms with van der Waals surface area (Å²) in [6, 6.07) is 54.4. The maximum absolute atomic E-state index is 2.55. The highest BCUT2D eigenvalue weighted by Gasteiger charge is 2.51. The Morgan fingerprint density at radius 1 is 0.538 bits per heavy atom. The molecule has 11 rings (SSSR count). The lowest BCUT2D eigenvalue weighted by molar-refractivity contribution is 0.750. The lowest BCUT2D eigenvalue weighted by atomic mass is 9.70. The summed E-state index contributed by atoms with van der Waals surface area (Å²) in [5.74, 6) is 0.710. The standard InChI is InChI=1S/C51H37N/c1-2-12-34(13-3-1)35-24-27-38(28-25-35)52(39-29-26-37-23-22-36-14-4-5-15-41(36)45(37)32-39)40-30-31-50-46(33-40)44-18-8-11-21-49(44)51(50)47-19-9-6-16-42(47)43-17-7-10-20-48(43)51/h1-24,26-31,33,35,45H,25,32H2. The number of allylic oxidation sites excluding steroid dienone is 8. The predicted octanol–water partition coefficient (Wildman–Crippen LogP) is 12.5. The largest absolute Gasteiger partial charge is 0.315 e. The summed E-state index contributed by atoms with van der Waals surface area (Å²) in [6.45, 7) is 0. The van der Waals surface area contributed by atoms with Gasteiger partial charge in [0.2, 0.25) is 0 Å². The molecule has 6 aromatic carbocycles. The van der Waals surface area contributed by atoms with Crippen molar-refractivity contribution in [1.82, 2.24) is 0 Å². The smallest absolute Gasteiger partial charge is 0.0725 e. The second kappa shape index (κ2) is 11.4. The minimum atomic E-state index is -0.338. The number of hydrogen-bond acceptors (Lipinski definition) is 1. The van der Waals surface area contributed by atoms with Crippen LogP contribution in [0.15, 0.2) is 199 Å². The molecule has 1 heteroatoms. The Labute approximate surface area is 305 Å². The van der Waals surface area contributed by atoms with Gasteiger partial charge in [-0.3, -0.25) is 0 Å². The van der Waals surface area contributed by atoms with Crippen LogP contribution in [0.25, 0.3) is 28.3 Å². The van der Waals surface area contributed by atoms with E-state index in [0.29, 0.717) is 11.8 Å². The van der Waals surface area contributed by atoms with Crippen molar-refractivity contribution in [3.8, 4) is 22.3 Å². The fraction of sp³-hybridized carbons (Fsp3) is 0.0980. The molecule has 0 fully saturated rings. The topological polar surface area (TPSA) is 3.24 Å². The zero-order chi connectivity index (χ0) is 34.2. The highest BCUT2D eigenvalue weighted by molar-refractivity contribution is 5.96. The molecular formula is C51H37N. The Morgan fingerprint density at radius 2 is 1.17 bits per heavy atom. The van der Waals surface area contributed by atoms with Gasteiger partial charge in [-0.25, -0.2) is 0 Å². The summed E-state index contributed by atoms with van der Waals surface area (Å²) in [6.07, 6.45) is 18.5. The summed E-state index contributed by atoms with van der Waals surface area (Å²) in [5, 5.41) is 0. The van der Waals surface area contributed by atoms with Gasteiger partial charge in [0.05, 0.1) is 5.41 Å². The van der Waals surface area contributed by atoms with Gasteiger partial charge in [0.15, 0.2) is 0 Å². The molecule has 0 amide bonds. The zero-order valence-corrected chi connectivity index (χ0v) is 28.9. The van der Waals surface area contributed by atoms with Crippen molar-refractivity contribution in [2.45, 2.75) is 30.1 Å². The van der Waals surface area contributed by atoms with Crippen LogP contribution in [0.3, 0.4) is 0 Å². The number of anilines is 1. The zero-order valence-electron chi connectivity index (χ0n) is 28.9. The van der Waals surface area contributed by atoms with Crippen LogP contribution in [0.5, 0.6) is 0 Å². The van der Waals surface area contributed by atoms with Crippen molar-refractivity contribution in [3.05, 3.63) is 238 Å². The number of hydrogen-bond donors (Lipinski definition) is 0. The summed E-state index contributed by atoms with van der Waals surface area (Å²) >= 11 is 0. The highest BCUT2D eigenvalue weighted by atomic mass is 15.2. The molecule has 0 heterocycles. The normalized spacial score (nSPS) is 19.3. The Kier molecular flexibility index (Phi) is 6.49. The molecule has 0 aliphatic heterocycles. The van der Waals surface area contributed by atoms with Crippen LogP contribution in [0.4, 0.5) is 5.69 Å². The van der Waals surface area contributed by atoms with Crippen molar-refractivity contribution >= 4 is 11.8 Å². The fourth-order valence-electron chi connectivity index (χ4n) is 9.93. The monoisotopic (exact) mass is 663 g/mol. The predicted molar refractivity (Wildman–Crippen MR) is 215 cm³/mol. The average molecular weight is 664 g/mol. The van der Waals surface area contributed by atoms with E-state index in [2.05, 4.69) is 193 Å². The first kappa shape index (κ1) is 29.5. The summed E-state index contributed by atoms with van der Waals surface area (Å²) in [5.41, 5.74) is 19.8. The van der Waals surface area contributed by atoms with Crippen molar-refractivity contribution < 1.29 is 0 Å². The van der Waals surface area contributed by atoms with E-state index in [9.17, 15) is 0 Å². The van der Waals surface area contributed by atoms with Gasteiger partial charge >= 0.3 is 0 Å². The summed E-state index contributed by atoms with van der Waals surface area (Å²) < 4.78 is 0. The van der Waals surface area contributed by atoms with Gasteiger partial charge in [-0.1, -0.05) is 164 Å². The van der Waals surface area contributed by atoms with Gasteiger partial charge in [0.25, 0.3) is 0 Å². The molecule has 2 atom stereocenters. The van der Waals surface area contributed by atoms with E-state index in [1.54, 1.807) is 0 Å². The van der Waals surface area contributed by atoms with Crippen molar-refractivity contribution in [2.24, 2.45) is 0 Å². The van der Waals surface area contributed by atoms with Crippen LogP contribution < -0.4 is 4.90 Å². The quantitative estimate of drug-likeness (QED) is 0.181. The van der Waals surface area contributed by atoms with Gasteiger partial charge in [-0.2, -0.15) is 0 Å². The highest BCUT2D eigenvalue weighted by Crippen LogP contribution is 2.63. The first-order valence-electron chi connectivity index (χ1n) is 18.6. The van der Waals surface area contributed by atoms with Crippen LogP contribution in [0.1, 0.15) is 63.6 Å². The maximum Gasteiger partial charge on any atom is 0.0725 e. The minimum Gasteiger partial charge on any atom is -0.315 e. The van der Waals surface area contributed by atoms with Crippen LogP contribution in [0.2, 0.25) is 0 Å². The number of fused-ring (bicyclic) bond motifs is 13. The van der Waals surface area contributed by atoms with Crippen LogP contribution in [-0.4, -0.2) is 0 Å². The molecule has 5 aliphatic carbocycles. The van der Waals surface area contributed by atoms with Gasteiger partial charge < -0.3 is 4.90 Å². The molecule has 0 bridgehead atoms. The molecule has 0 saturated carbocycles. The number of rotatable bonds is 4. The Morgan fingerprint density at radius 3 is 1.88 bits per heavy atom. The van der Waals surface area contributed by atoms with Crippen molar-refractivity contribution in [2.75, 3.05) is 4.90 Å². The molecule has 246 valence electrons. The second-order valence-corrected chi connectivity index (χ2v) is 14.7. The SMILES string of the molecule is C1=Cc2ccccc2C2CC(N(C3=CCC(c4ccccc4)C=C3)c3ccc4c(c3)-c3ccccc3C43c4ccccc4-c4ccccc43)=CC=C12. The van der Waals surface area contributed by atoms with Crippen LogP contribution in [-0.2, 0) is 5.41 Å². The van der Waals surface area contributed by atoms with Crippen LogP contribution in [0, 0.1) is 0 Å². The number of nitrogens with zero attached hydrogens (tertiary/aromatic N) is 1. The minimum absolute atomic E-state index is 0.332. The summed E-state index contributed by atoms with van der Waals surface area (Å²) in [4.78, 5) is 2.55. The molecule has 2 unspecified atom stereocenters. The third-order valence-corrected chi connectivity index (χ3v) is 12.2. The first-order chi connectivity index (χ1) is 25.8. The third-order valence-electron chi connectivity index (χ3n) is 12.2. The molecule has 0 saturated heterocycles. The molecule has 0 N–H and O–H groups in total. The molecule has 1 spiro atoms. The van der Waals surface area contributed by atoms with Gasteiger partial charge in [-0.15, -0.1) is 0 Å². The Balaban J connectivity index is 1.08. The molecule has 1 nitrogen and oxygen atoms in total. The third kappa shape index (κ3) is 4.17. The van der Waals surface area contributed by atoms with E-state index in [1.165, 1.54) is 83.9 Å². The van der Waals surface area contributed by atoms with Gasteiger partial charge in [0.1, 0.15) is 0 Å². The number of benzene rings is 6. The van der Waals surface area contributed by atoms with Crippen LogP contribution >= 0.6 is 0 Å². The molecule has 0 radical (unpaired) electrons.